The Hall–Kier alpha value is -1.76. The number of amides is 2. The highest BCUT2D eigenvalue weighted by Crippen LogP contribution is 2.22. The lowest BCUT2D eigenvalue weighted by molar-refractivity contribution is -0.140. The van der Waals surface area contributed by atoms with Gasteiger partial charge in [0.05, 0.1) is 18.1 Å². The Morgan fingerprint density at radius 1 is 1.58 bits per heavy atom. The first-order valence-corrected chi connectivity index (χ1v) is 6.97. The van der Waals surface area contributed by atoms with E-state index in [-0.39, 0.29) is 6.03 Å². The van der Waals surface area contributed by atoms with Crippen LogP contribution in [0.5, 0.6) is 0 Å². The number of carboxylic acid groups (broad SMARTS) is 1. The fourth-order valence-corrected chi connectivity index (χ4v) is 3.00. The highest BCUT2D eigenvalue weighted by Gasteiger charge is 2.35. The second-order valence-electron chi connectivity index (χ2n) is 4.28. The van der Waals surface area contributed by atoms with Crippen LogP contribution in [0.4, 0.5) is 4.79 Å². The molecule has 6 nitrogen and oxygen atoms in total. The summed E-state index contributed by atoms with van der Waals surface area (Å²) in [5, 5.41) is 9.07. The van der Waals surface area contributed by atoms with Gasteiger partial charge in [-0.2, -0.15) is 0 Å². The third-order valence-electron chi connectivity index (χ3n) is 2.86. The van der Waals surface area contributed by atoms with Crippen LogP contribution < -0.4 is 0 Å². The second-order valence-corrected chi connectivity index (χ2v) is 5.28. The van der Waals surface area contributed by atoms with Gasteiger partial charge in [0, 0.05) is 19.0 Å². The molecule has 19 heavy (non-hydrogen) atoms. The van der Waals surface area contributed by atoms with Gasteiger partial charge in [-0.3, -0.25) is 4.98 Å². The van der Waals surface area contributed by atoms with Gasteiger partial charge in [-0.05, 0) is 12.1 Å². The zero-order valence-electron chi connectivity index (χ0n) is 10.5. The van der Waals surface area contributed by atoms with E-state index in [0.29, 0.717) is 18.2 Å². The summed E-state index contributed by atoms with van der Waals surface area (Å²) in [4.78, 5) is 30.3. The number of nitrogens with zero attached hydrogens (tertiary/aromatic N) is 3. The molecule has 1 aliphatic rings. The molecule has 1 N–H and O–H groups in total. The van der Waals surface area contributed by atoms with Crippen LogP contribution in [-0.2, 0) is 11.3 Å². The van der Waals surface area contributed by atoms with Crippen molar-refractivity contribution in [3.8, 4) is 0 Å². The first kappa shape index (κ1) is 13.7. The summed E-state index contributed by atoms with van der Waals surface area (Å²) in [5.74, 6) is -0.0921. The average molecular weight is 281 g/mol. The number of urea groups is 1. The van der Waals surface area contributed by atoms with Gasteiger partial charge in [-0.15, -0.1) is 11.8 Å². The minimum atomic E-state index is -0.954. The molecule has 7 heteroatoms. The van der Waals surface area contributed by atoms with Crippen LogP contribution in [0.25, 0.3) is 0 Å². The molecule has 1 saturated heterocycles. The lowest BCUT2D eigenvalue weighted by Crippen LogP contribution is -2.47. The maximum Gasteiger partial charge on any atom is 0.327 e. The quantitative estimate of drug-likeness (QED) is 0.898. The van der Waals surface area contributed by atoms with Crippen LogP contribution in [-0.4, -0.2) is 56.6 Å². The fourth-order valence-electron chi connectivity index (χ4n) is 1.86. The molecule has 0 aromatic carbocycles. The lowest BCUT2D eigenvalue weighted by Gasteiger charge is -2.26. The number of hydrogen-bond donors (Lipinski definition) is 1. The van der Waals surface area contributed by atoms with E-state index < -0.39 is 12.0 Å². The summed E-state index contributed by atoms with van der Waals surface area (Å²) in [6, 6.07) is 4.48. The number of hydrogen-bond acceptors (Lipinski definition) is 4. The molecule has 102 valence electrons. The molecule has 1 aromatic heterocycles. The molecule has 1 atom stereocenters. The molecule has 0 saturated carbocycles. The molecular weight excluding hydrogens is 266 g/mol. The van der Waals surface area contributed by atoms with E-state index in [4.69, 9.17) is 5.11 Å². The van der Waals surface area contributed by atoms with Gasteiger partial charge in [-0.25, -0.2) is 9.59 Å². The van der Waals surface area contributed by atoms with Crippen molar-refractivity contribution in [3.05, 3.63) is 30.1 Å². The molecule has 1 aliphatic heterocycles. The van der Waals surface area contributed by atoms with E-state index in [2.05, 4.69) is 4.98 Å². The van der Waals surface area contributed by atoms with Gasteiger partial charge in [0.1, 0.15) is 6.04 Å². The van der Waals surface area contributed by atoms with Crippen molar-refractivity contribution < 1.29 is 14.7 Å². The average Bonchev–Trinajstić information content (AvgIpc) is 2.88. The maximum absolute atomic E-state index is 12.2. The maximum atomic E-state index is 12.2. The van der Waals surface area contributed by atoms with Crippen molar-refractivity contribution >= 4 is 23.8 Å². The van der Waals surface area contributed by atoms with Crippen LogP contribution >= 0.6 is 11.8 Å². The number of carbonyl (C=O) groups excluding carboxylic acids is 1. The van der Waals surface area contributed by atoms with Gasteiger partial charge in [-0.1, -0.05) is 6.07 Å². The number of carbonyl (C=O) groups is 2. The molecule has 0 radical (unpaired) electrons. The molecule has 0 bridgehead atoms. The Morgan fingerprint density at radius 2 is 2.37 bits per heavy atom. The molecular formula is C12H15N3O3S. The number of pyridine rings is 1. The van der Waals surface area contributed by atoms with E-state index in [9.17, 15) is 9.59 Å². The van der Waals surface area contributed by atoms with Gasteiger partial charge in [0.2, 0.25) is 0 Å². The monoisotopic (exact) mass is 281 g/mol. The number of rotatable bonds is 3. The van der Waals surface area contributed by atoms with Crippen LogP contribution in [0.3, 0.4) is 0 Å². The lowest BCUT2D eigenvalue weighted by atomic mass is 10.3. The van der Waals surface area contributed by atoms with Crippen LogP contribution in [0, 0.1) is 0 Å². The Labute approximate surface area is 115 Å². The molecule has 1 aromatic rings. The number of carboxylic acids is 1. The smallest absolute Gasteiger partial charge is 0.327 e. The molecule has 2 heterocycles. The molecule has 2 amide bonds. The molecule has 0 spiro atoms. The van der Waals surface area contributed by atoms with E-state index in [1.54, 1.807) is 13.2 Å². The highest BCUT2D eigenvalue weighted by molar-refractivity contribution is 7.99. The number of aliphatic carboxylic acids is 1. The van der Waals surface area contributed by atoms with Crippen molar-refractivity contribution in [2.75, 3.05) is 18.7 Å². The van der Waals surface area contributed by atoms with Gasteiger partial charge in [0.25, 0.3) is 0 Å². The third-order valence-corrected chi connectivity index (χ3v) is 3.88. The summed E-state index contributed by atoms with van der Waals surface area (Å²) < 4.78 is 0. The molecule has 0 unspecified atom stereocenters. The predicted molar refractivity (Wildman–Crippen MR) is 71.7 cm³/mol. The van der Waals surface area contributed by atoms with E-state index >= 15 is 0 Å². The molecule has 0 aliphatic carbocycles. The summed E-state index contributed by atoms with van der Waals surface area (Å²) in [7, 11) is 1.65. The Morgan fingerprint density at radius 3 is 3.00 bits per heavy atom. The van der Waals surface area contributed by atoms with Crippen molar-refractivity contribution in [1.82, 2.24) is 14.8 Å². The molecule has 2 rings (SSSR count). The number of aromatic nitrogens is 1. The van der Waals surface area contributed by atoms with Crippen molar-refractivity contribution in [1.29, 1.82) is 0 Å². The van der Waals surface area contributed by atoms with Crippen molar-refractivity contribution in [2.24, 2.45) is 0 Å². The Balaban J connectivity index is 2.01. The van der Waals surface area contributed by atoms with E-state index in [1.165, 1.54) is 21.6 Å². The topological polar surface area (TPSA) is 73.7 Å². The highest BCUT2D eigenvalue weighted by atomic mass is 32.2. The summed E-state index contributed by atoms with van der Waals surface area (Å²) in [6.45, 7) is 0.368. The largest absolute Gasteiger partial charge is 0.480 e. The zero-order chi connectivity index (χ0) is 13.8. The minimum Gasteiger partial charge on any atom is -0.480 e. The SMILES string of the molecule is CN(Cc1ccccn1)C(=O)N1CSC[C@H]1C(=O)O. The summed E-state index contributed by atoms with van der Waals surface area (Å²) in [6.07, 6.45) is 1.67. The first-order chi connectivity index (χ1) is 9.09. The summed E-state index contributed by atoms with van der Waals surface area (Å²) in [5.41, 5.74) is 0.775. The normalized spacial score (nSPS) is 18.4. The Bertz CT molecular complexity index is 469. The van der Waals surface area contributed by atoms with Gasteiger partial charge in [0.15, 0.2) is 0 Å². The van der Waals surface area contributed by atoms with Gasteiger partial charge >= 0.3 is 12.0 Å². The standard InChI is InChI=1S/C12H15N3O3S/c1-14(6-9-4-2-3-5-13-9)12(18)15-8-19-7-10(15)11(16)17/h2-5,10H,6-8H2,1H3,(H,16,17)/t10-/m0/s1. The van der Waals surface area contributed by atoms with Crippen LogP contribution in [0.1, 0.15) is 5.69 Å². The van der Waals surface area contributed by atoms with Crippen molar-refractivity contribution in [3.63, 3.8) is 0 Å². The number of thioether (sulfide) groups is 1. The van der Waals surface area contributed by atoms with E-state index in [0.717, 1.165) is 5.69 Å². The van der Waals surface area contributed by atoms with Crippen molar-refractivity contribution in [2.45, 2.75) is 12.6 Å². The van der Waals surface area contributed by atoms with E-state index in [1.807, 2.05) is 18.2 Å². The fraction of sp³-hybridized carbons (Fsp3) is 0.417. The molecule has 1 fully saturated rings. The zero-order valence-corrected chi connectivity index (χ0v) is 11.3. The predicted octanol–water partition coefficient (Wildman–Crippen LogP) is 1.09. The first-order valence-electron chi connectivity index (χ1n) is 5.82. The summed E-state index contributed by atoms with van der Waals surface area (Å²) >= 11 is 1.45. The second kappa shape index (κ2) is 5.92. The Kier molecular flexibility index (Phi) is 4.26. The van der Waals surface area contributed by atoms with Gasteiger partial charge < -0.3 is 14.9 Å². The van der Waals surface area contributed by atoms with Crippen LogP contribution in [0.2, 0.25) is 0 Å². The minimum absolute atomic E-state index is 0.275. The third kappa shape index (κ3) is 3.17. The van der Waals surface area contributed by atoms with Crippen LogP contribution in [0.15, 0.2) is 24.4 Å².